The molecule has 0 bridgehead atoms. The van der Waals surface area contributed by atoms with Crippen molar-refractivity contribution in [3.05, 3.63) is 267 Å². The standard InChI is InChI=1S/C68H44N4/c1-3-11-57(12-4-1)71-65-17-9-7-15-63(65)69-67(71)51-31-27-47(28-32-51)45-19-23-49(24-20-45)53-35-39-59-55(43-53)37-41-62-60-40-36-54(44-56(60)38-42-61(59)62)50-25-21-46(22-26-50)48-29-33-52(34-30-48)68-70-64-16-8-10-18-66(64)72(68)58-13-5-2-6-14-58/h1-44H. The van der Waals surface area contributed by atoms with Gasteiger partial charge < -0.3 is 0 Å². The predicted octanol–water partition coefficient (Wildman–Crippen LogP) is 17.8. The second kappa shape index (κ2) is 17.1. The summed E-state index contributed by atoms with van der Waals surface area (Å²) < 4.78 is 4.49. The van der Waals surface area contributed by atoms with Crippen molar-refractivity contribution in [2.24, 2.45) is 0 Å². The molecule has 2 aromatic heterocycles. The van der Waals surface area contributed by atoms with Crippen molar-refractivity contribution in [3.63, 3.8) is 0 Å². The van der Waals surface area contributed by atoms with E-state index in [-0.39, 0.29) is 0 Å². The summed E-state index contributed by atoms with van der Waals surface area (Å²) in [6.45, 7) is 0. The fourth-order valence-corrected chi connectivity index (χ4v) is 10.7. The number of aromatic nitrogens is 4. The van der Waals surface area contributed by atoms with Crippen LogP contribution in [0.5, 0.6) is 0 Å². The van der Waals surface area contributed by atoms with Crippen molar-refractivity contribution in [3.8, 4) is 78.7 Å². The van der Waals surface area contributed by atoms with Crippen LogP contribution in [0.15, 0.2) is 267 Å². The summed E-state index contributed by atoms with van der Waals surface area (Å²) in [7, 11) is 0. The quantitative estimate of drug-likeness (QED) is 0.142. The Balaban J connectivity index is 0.693. The van der Waals surface area contributed by atoms with Crippen LogP contribution in [0.25, 0.3) is 133 Å². The smallest absolute Gasteiger partial charge is 0.145 e. The van der Waals surface area contributed by atoms with Gasteiger partial charge in [-0.1, -0.05) is 206 Å². The molecule has 0 N–H and O–H groups in total. The van der Waals surface area contributed by atoms with Crippen LogP contribution in [-0.4, -0.2) is 19.1 Å². The maximum absolute atomic E-state index is 5.06. The molecule has 14 rings (SSSR count). The monoisotopic (exact) mass is 916 g/mol. The van der Waals surface area contributed by atoms with Gasteiger partial charge in [-0.15, -0.1) is 0 Å². The SMILES string of the molecule is c1ccc(-n2c(-c3ccc(-c4ccc(-c5ccc6c(ccc7c8ccc(-c9ccc(-c%10ccc(-c%11nc%12ccccc%12n%11-c%11ccccc%11)cc%10)cc9)cc8ccc67)c5)cc4)cc3)nc3ccccc32)cc1. The lowest BCUT2D eigenvalue weighted by Gasteiger charge is -2.12. The van der Waals surface area contributed by atoms with Crippen molar-refractivity contribution in [2.75, 3.05) is 0 Å². The lowest BCUT2D eigenvalue weighted by molar-refractivity contribution is 1.10. The molecule has 0 aliphatic carbocycles. The Hall–Kier alpha value is -9.64. The van der Waals surface area contributed by atoms with Crippen LogP contribution < -0.4 is 0 Å². The molecule has 4 heteroatoms. The molecule has 12 aromatic carbocycles. The van der Waals surface area contributed by atoms with Gasteiger partial charge in [0.25, 0.3) is 0 Å². The fraction of sp³-hybridized carbons (Fsp3) is 0. The zero-order chi connectivity index (χ0) is 47.5. The predicted molar refractivity (Wildman–Crippen MR) is 301 cm³/mol. The van der Waals surface area contributed by atoms with Gasteiger partial charge in [-0.3, -0.25) is 9.13 Å². The number of imidazole rings is 2. The minimum absolute atomic E-state index is 0.937. The molecule has 0 aliphatic rings. The summed E-state index contributed by atoms with van der Waals surface area (Å²) in [5, 5.41) is 7.53. The maximum Gasteiger partial charge on any atom is 0.145 e. The molecule has 0 saturated heterocycles. The van der Waals surface area contributed by atoms with Gasteiger partial charge in [0.05, 0.1) is 22.1 Å². The molecule has 0 atom stereocenters. The first-order valence-electron chi connectivity index (χ1n) is 24.5. The summed E-state index contributed by atoms with van der Waals surface area (Å²) in [6.07, 6.45) is 0. The Morgan fingerprint density at radius 1 is 0.222 bits per heavy atom. The number of fused-ring (bicyclic) bond motifs is 7. The third-order valence-electron chi connectivity index (χ3n) is 14.4. The topological polar surface area (TPSA) is 35.6 Å². The van der Waals surface area contributed by atoms with Gasteiger partial charge >= 0.3 is 0 Å². The van der Waals surface area contributed by atoms with E-state index >= 15 is 0 Å². The Labute approximate surface area is 417 Å². The van der Waals surface area contributed by atoms with Crippen molar-refractivity contribution in [2.45, 2.75) is 0 Å². The molecule has 0 radical (unpaired) electrons. The van der Waals surface area contributed by atoms with E-state index in [1.54, 1.807) is 0 Å². The van der Waals surface area contributed by atoms with Crippen LogP contribution in [0.1, 0.15) is 0 Å². The van der Waals surface area contributed by atoms with Crippen molar-refractivity contribution in [1.29, 1.82) is 0 Å². The fourth-order valence-electron chi connectivity index (χ4n) is 10.7. The molecule has 0 amide bonds. The normalized spacial score (nSPS) is 11.6. The highest BCUT2D eigenvalue weighted by Gasteiger charge is 2.17. The Morgan fingerprint density at radius 2 is 0.514 bits per heavy atom. The summed E-state index contributed by atoms with van der Waals surface area (Å²) >= 11 is 0. The van der Waals surface area contributed by atoms with E-state index in [0.717, 1.165) is 56.2 Å². The molecule has 336 valence electrons. The Bertz CT molecular complexity index is 4040. The molecule has 0 saturated carbocycles. The third kappa shape index (κ3) is 7.16. The van der Waals surface area contributed by atoms with Gasteiger partial charge in [-0.2, -0.15) is 0 Å². The van der Waals surface area contributed by atoms with E-state index in [1.807, 2.05) is 24.3 Å². The summed E-state index contributed by atoms with van der Waals surface area (Å²) in [5.74, 6) is 1.87. The van der Waals surface area contributed by atoms with Gasteiger partial charge in [-0.25, -0.2) is 9.97 Å². The molecular formula is C68H44N4. The number of hydrogen-bond donors (Lipinski definition) is 0. The molecule has 14 aromatic rings. The van der Waals surface area contributed by atoms with Crippen LogP contribution in [0.3, 0.4) is 0 Å². The van der Waals surface area contributed by atoms with E-state index in [2.05, 4.69) is 252 Å². The van der Waals surface area contributed by atoms with Crippen LogP contribution in [-0.2, 0) is 0 Å². The molecule has 0 aliphatic heterocycles. The summed E-state index contributed by atoms with van der Waals surface area (Å²) in [6, 6.07) is 95.9. The van der Waals surface area contributed by atoms with Crippen molar-refractivity contribution >= 4 is 54.4 Å². The van der Waals surface area contributed by atoms with Gasteiger partial charge in [-0.05, 0) is 137 Å². The average Bonchev–Trinajstić information content (AvgIpc) is 4.05. The van der Waals surface area contributed by atoms with Gasteiger partial charge in [0.2, 0.25) is 0 Å². The molecule has 0 fully saturated rings. The van der Waals surface area contributed by atoms with Crippen LogP contribution in [0, 0.1) is 0 Å². The molecule has 0 spiro atoms. The molecule has 4 nitrogen and oxygen atoms in total. The molecule has 2 heterocycles. The van der Waals surface area contributed by atoms with Gasteiger partial charge in [0.15, 0.2) is 0 Å². The summed E-state index contributed by atoms with van der Waals surface area (Å²) in [5.41, 5.74) is 18.0. The highest BCUT2D eigenvalue weighted by Crippen LogP contribution is 2.38. The lowest BCUT2D eigenvalue weighted by Crippen LogP contribution is -1.97. The van der Waals surface area contributed by atoms with Crippen LogP contribution in [0.4, 0.5) is 0 Å². The molecule has 0 unspecified atom stereocenters. The first-order chi connectivity index (χ1) is 35.7. The third-order valence-corrected chi connectivity index (χ3v) is 14.4. The summed E-state index contributed by atoms with van der Waals surface area (Å²) in [4.78, 5) is 10.1. The maximum atomic E-state index is 5.06. The van der Waals surface area contributed by atoms with E-state index in [4.69, 9.17) is 9.97 Å². The van der Waals surface area contributed by atoms with Crippen LogP contribution >= 0.6 is 0 Å². The van der Waals surface area contributed by atoms with E-state index in [0.29, 0.717) is 0 Å². The van der Waals surface area contributed by atoms with E-state index < -0.39 is 0 Å². The number of rotatable bonds is 8. The number of para-hydroxylation sites is 6. The zero-order valence-electron chi connectivity index (χ0n) is 39.2. The van der Waals surface area contributed by atoms with E-state index in [1.165, 1.54) is 76.8 Å². The van der Waals surface area contributed by atoms with Crippen molar-refractivity contribution < 1.29 is 0 Å². The highest BCUT2D eigenvalue weighted by atomic mass is 15.1. The second-order valence-corrected chi connectivity index (χ2v) is 18.6. The largest absolute Gasteiger partial charge is 0.292 e. The first kappa shape index (κ1) is 41.3. The van der Waals surface area contributed by atoms with E-state index in [9.17, 15) is 0 Å². The van der Waals surface area contributed by atoms with Gasteiger partial charge in [0.1, 0.15) is 11.6 Å². The number of benzene rings is 12. The average molecular weight is 917 g/mol. The van der Waals surface area contributed by atoms with Gasteiger partial charge in [0, 0.05) is 22.5 Å². The molecular weight excluding hydrogens is 873 g/mol. The number of nitrogens with zero attached hydrogens (tertiary/aromatic N) is 4. The second-order valence-electron chi connectivity index (χ2n) is 18.6. The van der Waals surface area contributed by atoms with Crippen LogP contribution in [0.2, 0.25) is 0 Å². The minimum atomic E-state index is 0.937. The Morgan fingerprint density at radius 3 is 0.889 bits per heavy atom. The first-order valence-corrected chi connectivity index (χ1v) is 24.5. The lowest BCUT2D eigenvalue weighted by atomic mass is 9.93. The highest BCUT2D eigenvalue weighted by molar-refractivity contribution is 6.18. The molecule has 72 heavy (non-hydrogen) atoms. The van der Waals surface area contributed by atoms with Crippen molar-refractivity contribution in [1.82, 2.24) is 19.1 Å². The number of hydrogen-bond acceptors (Lipinski definition) is 2. The zero-order valence-corrected chi connectivity index (χ0v) is 39.2. The Kier molecular flexibility index (Phi) is 9.82. The minimum Gasteiger partial charge on any atom is -0.292 e.